The highest BCUT2D eigenvalue weighted by atomic mass is 79.9. The van der Waals surface area contributed by atoms with Crippen molar-refractivity contribution in [1.82, 2.24) is 9.97 Å². The van der Waals surface area contributed by atoms with Crippen molar-refractivity contribution < 1.29 is 0 Å². The lowest BCUT2D eigenvalue weighted by molar-refractivity contribution is 1.11. The molecule has 0 aliphatic heterocycles. The molecule has 5 heteroatoms. The molecule has 0 radical (unpaired) electrons. The van der Waals surface area contributed by atoms with Gasteiger partial charge in [0.1, 0.15) is 5.82 Å². The molecule has 0 unspecified atom stereocenters. The molecule has 3 nitrogen and oxygen atoms in total. The predicted octanol–water partition coefficient (Wildman–Crippen LogP) is 4.51. The minimum Gasteiger partial charge on any atom is -0.340 e. The van der Waals surface area contributed by atoms with Crippen molar-refractivity contribution >= 4 is 39.0 Å². The average molecular weight is 327 g/mol. The molecule has 1 heterocycles. The zero-order chi connectivity index (χ0) is 13.1. The van der Waals surface area contributed by atoms with Gasteiger partial charge < -0.3 is 5.32 Å². The second-order valence-corrected chi connectivity index (χ2v) is 5.20. The van der Waals surface area contributed by atoms with E-state index in [9.17, 15) is 0 Å². The van der Waals surface area contributed by atoms with E-state index in [1.807, 2.05) is 19.1 Å². The van der Waals surface area contributed by atoms with Crippen LogP contribution in [0.25, 0.3) is 0 Å². The molecule has 2 aromatic rings. The van der Waals surface area contributed by atoms with Crippen molar-refractivity contribution in [2.45, 2.75) is 20.3 Å². The first-order valence-corrected chi connectivity index (χ1v) is 6.82. The van der Waals surface area contributed by atoms with Crippen LogP contribution in [0.5, 0.6) is 0 Å². The number of aryl methyl sites for hydroxylation is 2. The second kappa shape index (κ2) is 5.67. The van der Waals surface area contributed by atoms with Gasteiger partial charge in [-0.3, -0.25) is 0 Å². The summed E-state index contributed by atoms with van der Waals surface area (Å²) in [6, 6.07) is 6.12. The topological polar surface area (TPSA) is 37.8 Å². The van der Waals surface area contributed by atoms with Crippen LogP contribution in [0, 0.1) is 6.92 Å². The maximum Gasteiger partial charge on any atom is 0.224 e. The Labute approximate surface area is 120 Å². The molecule has 94 valence electrons. The fourth-order valence-electron chi connectivity index (χ4n) is 1.65. The van der Waals surface area contributed by atoms with Crippen LogP contribution in [0.4, 0.5) is 11.5 Å². The molecule has 1 aromatic carbocycles. The van der Waals surface area contributed by atoms with Crippen molar-refractivity contribution in [2.24, 2.45) is 0 Å². The van der Waals surface area contributed by atoms with E-state index in [1.54, 1.807) is 6.20 Å². The molecule has 0 saturated heterocycles. The lowest BCUT2D eigenvalue weighted by Crippen LogP contribution is -2.00. The van der Waals surface area contributed by atoms with Gasteiger partial charge in [-0.2, -0.15) is 0 Å². The quantitative estimate of drug-likeness (QED) is 0.843. The van der Waals surface area contributed by atoms with Crippen LogP contribution >= 0.6 is 27.5 Å². The Bertz CT molecular complexity index is 572. The summed E-state index contributed by atoms with van der Waals surface area (Å²) in [5, 5.41) is 3.55. The van der Waals surface area contributed by atoms with E-state index in [-0.39, 0.29) is 5.28 Å². The smallest absolute Gasteiger partial charge is 0.224 e. The number of hydrogen-bond acceptors (Lipinski definition) is 3. The molecular formula is C13H13BrClN3. The van der Waals surface area contributed by atoms with Crippen LogP contribution in [0.1, 0.15) is 18.1 Å². The van der Waals surface area contributed by atoms with E-state index in [4.69, 9.17) is 11.6 Å². The third-order valence-corrected chi connectivity index (χ3v) is 3.32. The van der Waals surface area contributed by atoms with Crippen LogP contribution in [0.15, 0.2) is 28.9 Å². The number of benzene rings is 1. The molecular weight excluding hydrogens is 314 g/mol. The maximum atomic E-state index is 5.81. The van der Waals surface area contributed by atoms with Crippen LogP contribution in [0.3, 0.4) is 0 Å². The summed E-state index contributed by atoms with van der Waals surface area (Å²) in [4.78, 5) is 8.14. The van der Waals surface area contributed by atoms with Crippen molar-refractivity contribution in [1.29, 1.82) is 0 Å². The van der Waals surface area contributed by atoms with Crippen molar-refractivity contribution in [2.75, 3.05) is 5.32 Å². The monoisotopic (exact) mass is 325 g/mol. The molecule has 0 atom stereocenters. The first-order chi connectivity index (χ1) is 8.60. The van der Waals surface area contributed by atoms with Crippen molar-refractivity contribution in [3.05, 3.63) is 45.3 Å². The normalized spacial score (nSPS) is 10.4. The fraction of sp³-hybridized carbons (Fsp3) is 0.231. The summed E-state index contributed by atoms with van der Waals surface area (Å²) >= 11 is 9.29. The SMILES string of the molecule is CCc1cc(Br)ccc1Nc1nc(Cl)ncc1C. The summed E-state index contributed by atoms with van der Waals surface area (Å²) in [7, 11) is 0. The largest absolute Gasteiger partial charge is 0.340 e. The molecule has 18 heavy (non-hydrogen) atoms. The molecule has 1 N–H and O–H groups in total. The number of halogens is 2. The van der Waals surface area contributed by atoms with E-state index < -0.39 is 0 Å². The zero-order valence-corrected chi connectivity index (χ0v) is 12.5. The number of hydrogen-bond donors (Lipinski definition) is 1. The molecule has 2 rings (SSSR count). The van der Waals surface area contributed by atoms with E-state index in [0.717, 1.165) is 28.0 Å². The van der Waals surface area contributed by atoms with Gasteiger partial charge in [0.25, 0.3) is 0 Å². The van der Waals surface area contributed by atoms with Gasteiger partial charge in [-0.25, -0.2) is 9.97 Å². The third kappa shape index (κ3) is 3.00. The Balaban J connectivity index is 2.36. The number of anilines is 2. The van der Waals surface area contributed by atoms with Crippen molar-refractivity contribution in [3.63, 3.8) is 0 Å². The van der Waals surface area contributed by atoms with Crippen LogP contribution in [0.2, 0.25) is 5.28 Å². The Morgan fingerprint density at radius 1 is 1.39 bits per heavy atom. The van der Waals surface area contributed by atoms with Gasteiger partial charge in [0.05, 0.1) is 0 Å². The Morgan fingerprint density at radius 3 is 2.89 bits per heavy atom. The van der Waals surface area contributed by atoms with Gasteiger partial charge in [-0.1, -0.05) is 22.9 Å². The summed E-state index contributed by atoms with van der Waals surface area (Å²) < 4.78 is 1.07. The Hall–Kier alpha value is -1.13. The van der Waals surface area contributed by atoms with Gasteiger partial charge in [-0.05, 0) is 48.7 Å². The zero-order valence-electron chi connectivity index (χ0n) is 10.2. The van der Waals surface area contributed by atoms with Crippen LogP contribution < -0.4 is 5.32 Å². The van der Waals surface area contributed by atoms with E-state index in [0.29, 0.717) is 0 Å². The highest BCUT2D eigenvalue weighted by molar-refractivity contribution is 9.10. The molecule has 0 saturated carbocycles. The number of nitrogens with zero attached hydrogens (tertiary/aromatic N) is 2. The number of nitrogens with one attached hydrogen (secondary N) is 1. The lowest BCUT2D eigenvalue weighted by Gasteiger charge is -2.12. The lowest BCUT2D eigenvalue weighted by atomic mass is 10.1. The van der Waals surface area contributed by atoms with E-state index in [2.05, 4.69) is 44.2 Å². The predicted molar refractivity (Wildman–Crippen MR) is 78.6 cm³/mol. The minimum atomic E-state index is 0.248. The molecule has 0 aliphatic carbocycles. The molecule has 0 fully saturated rings. The highest BCUT2D eigenvalue weighted by Crippen LogP contribution is 2.25. The summed E-state index contributed by atoms with van der Waals surface area (Å²) in [6.07, 6.45) is 2.65. The molecule has 0 amide bonds. The van der Waals surface area contributed by atoms with E-state index in [1.165, 1.54) is 5.56 Å². The van der Waals surface area contributed by atoms with Gasteiger partial charge >= 0.3 is 0 Å². The van der Waals surface area contributed by atoms with Crippen LogP contribution in [-0.4, -0.2) is 9.97 Å². The molecule has 0 aliphatic rings. The Kier molecular flexibility index (Phi) is 4.19. The van der Waals surface area contributed by atoms with E-state index >= 15 is 0 Å². The van der Waals surface area contributed by atoms with Crippen molar-refractivity contribution in [3.8, 4) is 0 Å². The minimum absolute atomic E-state index is 0.248. The molecule has 0 spiro atoms. The average Bonchev–Trinajstić information content (AvgIpc) is 2.36. The fourth-order valence-corrected chi connectivity index (χ4v) is 2.19. The summed E-state index contributed by atoms with van der Waals surface area (Å²) in [6.45, 7) is 4.07. The van der Waals surface area contributed by atoms with Gasteiger partial charge in [0.15, 0.2) is 0 Å². The number of aromatic nitrogens is 2. The first-order valence-electron chi connectivity index (χ1n) is 5.64. The van der Waals surface area contributed by atoms with Gasteiger partial charge in [0.2, 0.25) is 5.28 Å². The molecule has 1 aromatic heterocycles. The number of rotatable bonds is 3. The van der Waals surface area contributed by atoms with Gasteiger partial charge in [0, 0.05) is 21.9 Å². The van der Waals surface area contributed by atoms with Crippen LogP contribution in [-0.2, 0) is 6.42 Å². The summed E-state index contributed by atoms with van der Waals surface area (Å²) in [5.74, 6) is 0.743. The first kappa shape index (κ1) is 13.3. The molecule has 0 bridgehead atoms. The third-order valence-electron chi connectivity index (χ3n) is 2.64. The second-order valence-electron chi connectivity index (χ2n) is 3.95. The van der Waals surface area contributed by atoms with Gasteiger partial charge in [-0.15, -0.1) is 0 Å². The maximum absolute atomic E-state index is 5.81. The highest BCUT2D eigenvalue weighted by Gasteiger charge is 2.06. The standard InChI is InChI=1S/C13H13BrClN3/c1-3-9-6-10(14)4-5-11(9)17-12-8(2)7-16-13(15)18-12/h4-7H,3H2,1-2H3,(H,16,17,18). The summed E-state index contributed by atoms with van der Waals surface area (Å²) in [5.41, 5.74) is 3.22. The Morgan fingerprint density at radius 2 is 2.17 bits per heavy atom.